The van der Waals surface area contributed by atoms with Gasteiger partial charge in [0.1, 0.15) is 12.6 Å². The van der Waals surface area contributed by atoms with Crippen molar-refractivity contribution in [2.24, 2.45) is 45.3 Å². The normalized spacial score (nSPS) is 52.5. The van der Waals surface area contributed by atoms with E-state index in [1.807, 2.05) is 6.08 Å². The predicted octanol–water partition coefficient (Wildman–Crippen LogP) is 4.97. The van der Waals surface area contributed by atoms with Crippen LogP contribution in [0.4, 0.5) is 0 Å². The number of hydrogen-bond acceptors (Lipinski definition) is 3. The van der Waals surface area contributed by atoms with Crippen LogP contribution in [0.15, 0.2) is 11.6 Å². The third-order valence-corrected chi connectivity index (χ3v) is 10.5. The summed E-state index contributed by atoms with van der Waals surface area (Å²) < 4.78 is 0. The Morgan fingerprint density at radius 1 is 0.964 bits per heavy atom. The van der Waals surface area contributed by atoms with E-state index in [2.05, 4.69) is 34.6 Å². The molecule has 0 heterocycles. The van der Waals surface area contributed by atoms with E-state index in [4.69, 9.17) is 0 Å². The second-order valence-electron chi connectivity index (χ2n) is 11.8. The molecule has 0 saturated heterocycles. The molecule has 8 atom stereocenters. The Kier molecular flexibility index (Phi) is 4.55. The molecule has 0 amide bonds. The van der Waals surface area contributed by atoms with Gasteiger partial charge in [-0.25, -0.2) is 0 Å². The van der Waals surface area contributed by atoms with Crippen LogP contribution in [-0.2, 0) is 9.59 Å². The fourth-order valence-electron chi connectivity index (χ4n) is 9.10. The molecule has 156 valence electrons. The van der Waals surface area contributed by atoms with E-state index in [1.165, 1.54) is 32.1 Å². The number of rotatable bonds is 2. The molecule has 4 aliphatic carbocycles. The first-order valence-corrected chi connectivity index (χ1v) is 11.3. The largest absolute Gasteiger partial charge is 0.393 e. The summed E-state index contributed by atoms with van der Waals surface area (Å²) in [7, 11) is 0. The molecule has 4 aliphatic rings. The van der Waals surface area contributed by atoms with Gasteiger partial charge in [-0.3, -0.25) is 4.79 Å². The predicted molar refractivity (Wildman–Crippen MR) is 111 cm³/mol. The SMILES string of the molecule is CC1(C)CCC[C@@]2(C)C1CC[C@@]1(C)[C@@H]3CC=C(C=O)[C@@H](C=O)[C@@]3(C)[C@H](O)C[C@@H]12. The lowest BCUT2D eigenvalue weighted by molar-refractivity contribution is -0.231. The molecule has 0 radical (unpaired) electrons. The topological polar surface area (TPSA) is 54.4 Å². The second kappa shape index (κ2) is 6.27. The molecule has 4 rings (SSSR count). The van der Waals surface area contributed by atoms with Crippen LogP contribution in [0.5, 0.6) is 0 Å². The van der Waals surface area contributed by atoms with Crippen molar-refractivity contribution >= 4 is 12.6 Å². The van der Waals surface area contributed by atoms with Crippen molar-refractivity contribution in [2.75, 3.05) is 0 Å². The molecule has 3 fully saturated rings. The summed E-state index contributed by atoms with van der Waals surface area (Å²) in [6, 6.07) is 0. The maximum Gasteiger partial charge on any atom is 0.146 e. The Balaban J connectivity index is 1.81. The highest BCUT2D eigenvalue weighted by Gasteiger charge is 2.67. The third kappa shape index (κ3) is 2.38. The molecule has 3 nitrogen and oxygen atoms in total. The Morgan fingerprint density at radius 3 is 2.29 bits per heavy atom. The molecule has 1 N–H and O–H groups in total. The van der Waals surface area contributed by atoms with Crippen LogP contribution < -0.4 is 0 Å². The minimum Gasteiger partial charge on any atom is -0.393 e. The zero-order valence-electron chi connectivity index (χ0n) is 18.3. The van der Waals surface area contributed by atoms with Gasteiger partial charge in [0.15, 0.2) is 0 Å². The van der Waals surface area contributed by atoms with Gasteiger partial charge >= 0.3 is 0 Å². The first-order valence-electron chi connectivity index (χ1n) is 11.3. The van der Waals surface area contributed by atoms with Crippen molar-refractivity contribution in [1.29, 1.82) is 0 Å². The van der Waals surface area contributed by atoms with Crippen LogP contribution in [0.1, 0.15) is 79.6 Å². The Labute approximate surface area is 170 Å². The molecule has 0 aliphatic heterocycles. The van der Waals surface area contributed by atoms with E-state index < -0.39 is 17.4 Å². The van der Waals surface area contributed by atoms with Crippen molar-refractivity contribution in [3.8, 4) is 0 Å². The van der Waals surface area contributed by atoms with Crippen LogP contribution in [0.3, 0.4) is 0 Å². The van der Waals surface area contributed by atoms with E-state index in [1.54, 1.807) is 0 Å². The number of hydrogen-bond donors (Lipinski definition) is 1. The van der Waals surface area contributed by atoms with Crippen molar-refractivity contribution in [3.63, 3.8) is 0 Å². The number of carbonyl (C=O) groups is 2. The molecule has 0 spiro atoms. The highest BCUT2D eigenvalue weighted by Crippen LogP contribution is 2.72. The molecule has 0 aromatic rings. The van der Waals surface area contributed by atoms with Gasteiger partial charge in [-0.2, -0.15) is 0 Å². The highest BCUT2D eigenvalue weighted by atomic mass is 16.3. The quantitative estimate of drug-likeness (QED) is 0.682. The average molecular weight is 387 g/mol. The Bertz CT molecular complexity index is 709. The summed E-state index contributed by atoms with van der Waals surface area (Å²) in [5.74, 6) is 0.945. The molecule has 28 heavy (non-hydrogen) atoms. The van der Waals surface area contributed by atoms with Crippen LogP contribution in [0.25, 0.3) is 0 Å². The van der Waals surface area contributed by atoms with E-state index in [0.717, 1.165) is 25.4 Å². The lowest BCUT2D eigenvalue weighted by atomic mass is 9.35. The summed E-state index contributed by atoms with van der Waals surface area (Å²) in [6.45, 7) is 11.9. The Hall–Kier alpha value is -0.960. The molecule has 3 heteroatoms. The smallest absolute Gasteiger partial charge is 0.146 e. The molecule has 1 unspecified atom stereocenters. The van der Waals surface area contributed by atoms with Gasteiger partial charge < -0.3 is 9.90 Å². The van der Waals surface area contributed by atoms with Crippen LogP contribution in [0.2, 0.25) is 0 Å². The molecule has 0 bridgehead atoms. The van der Waals surface area contributed by atoms with Crippen LogP contribution in [0, 0.1) is 45.3 Å². The van der Waals surface area contributed by atoms with Crippen LogP contribution >= 0.6 is 0 Å². The number of allylic oxidation sites excluding steroid dienone is 2. The average Bonchev–Trinajstić information content (AvgIpc) is 2.62. The van der Waals surface area contributed by atoms with Gasteiger partial charge in [-0.1, -0.05) is 47.1 Å². The molecular formula is C25H38O3. The number of fused-ring (bicyclic) bond motifs is 5. The monoisotopic (exact) mass is 386 g/mol. The van der Waals surface area contributed by atoms with E-state index in [0.29, 0.717) is 22.8 Å². The number of carbonyl (C=O) groups excluding carboxylic acids is 2. The van der Waals surface area contributed by atoms with Crippen molar-refractivity contribution < 1.29 is 14.7 Å². The molecule has 3 saturated carbocycles. The van der Waals surface area contributed by atoms with Gasteiger partial charge in [-0.05, 0) is 78.1 Å². The molecular weight excluding hydrogens is 348 g/mol. The Morgan fingerprint density at radius 2 is 1.64 bits per heavy atom. The fourth-order valence-corrected chi connectivity index (χ4v) is 9.10. The number of aliphatic hydroxyl groups excluding tert-OH is 1. The molecule has 0 aromatic heterocycles. The zero-order valence-corrected chi connectivity index (χ0v) is 18.3. The van der Waals surface area contributed by atoms with Crippen molar-refractivity contribution in [2.45, 2.75) is 85.7 Å². The minimum atomic E-state index is -0.536. The number of aldehydes is 2. The van der Waals surface area contributed by atoms with Crippen molar-refractivity contribution in [3.05, 3.63) is 11.6 Å². The first kappa shape index (κ1) is 20.3. The summed E-state index contributed by atoms with van der Waals surface area (Å²) in [4.78, 5) is 23.7. The van der Waals surface area contributed by atoms with Gasteiger partial charge in [0.05, 0.1) is 12.0 Å². The van der Waals surface area contributed by atoms with E-state index in [-0.39, 0.29) is 16.7 Å². The summed E-state index contributed by atoms with van der Waals surface area (Å²) in [5.41, 5.74) is 0.767. The van der Waals surface area contributed by atoms with E-state index >= 15 is 0 Å². The first-order chi connectivity index (χ1) is 13.1. The zero-order chi connectivity index (χ0) is 20.5. The lowest BCUT2D eigenvalue weighted by Crippen LogP contribution is -2.66. The molecule has 0 aromatic carbocycles. The van der Waals surface area contributed by atoms with E-state index in [9.17, 15) is 14.7 Å². The van der Waals surface area contributed by atoms with Gasteiger partial charge in [0.2, 0.25) is 0 Å². The van der Waals surface area contributed by atoms with Gasteiger partial charge in [0, 0.05) is 5.41 Å². The fraction of sp³-hybridized carbons (Fsp3) is 0.840. The van der Waals surface area contributed by atoms with Gasteiger partial charge in [0.25, 0.3) is 0 Å². The minimum absolute atomic E-state index is 0.110. The lowest BCUT2D eigenvalue weighted by Gasteiger charge is -2.70. The van der Waals surface area contributed by atoms with Crippen LogP contribution in [-0.4, -0.2) is 23.8 Å². The standard InChI is InChI=1S/C25H38O3/c1-22(2)10-6-11-23(3)18(22)9-12-24(4)19-8-7-16(14-26)17(15-27)25(19,5)21(28)13-20(23)24/h7,14-15,17-21,28H,6,8-13H2,1-5H3/t17-,18?,19+,20-,21-,23+,24+,25-/m1/s1. The number of aliphatic hydroxyl groups is 1. The summed E-state index contributed by atoms with van der Waals surface area (Å²) >= 11 is 0. The highest BCUT2D eigenvalue weighted by molar-refractivity contribution is 5.82. The maximum atomic E-state index is 12.1. The third-order valence-electron chi connectivity index (χ3n) is 10.5. The summed E-state index contributed by atoms with van der Waals surface area (Å²) in [6.07, 6.45) is 11.1. The summed E-state index contributed by atoms with van der Waals surface area (Å²) in [5, 5.41) is 11.5. The maximum absolute atomic E-state index is 12.1. The second-order valence-corrected chi connectivity index (χ2v) is 11.8. The van der Waals surface area contributed by atoms with Crippen molar-refractivity contribution in [1.82, 2.24) is 0 Å². The van der Waals surface area contributed by atoms with Gasteiger partial charge in [-0.15, -0.1) is 0 Å².